The summed E-state index contributed by atoms with van der Waals surface area (Å²) in [5, 5.41) is 5.17. The molecule has 1 saturated heterocycles. The lowest BCUT2D eigenvalue weighted by Gasteiger charge is -2.54. The van der Waals surface area contributed by atoms with E-state index >= 15 is 0 Å². The predicted octanol–water partition coefficient (Wildman–Crippen LogP) is 5.24. The van der Waals surface area contributed by atoms with Crippen LogP contribution in [0.15, 0.2) is 78.9 Å². The van der Waals surface area contributed by atoms with Gasteiger partial charge < -0.3 is 29.2 Å². The monoisotopic (exact) mass is 572 g/mol. The highest BCUT2D eigenvalue weighted by molar-refractivity contribution is 6.24. The number of amides is 2. The van der Waals surface area contributed by atoms with Crippen LogP contribution in [-0.4, -0.2) is 59.4 Å². The van der Waals surface area contributed by atoms with Crippen LogP contribution in [-0.2, 0) is 16.0 Å². The fourth-order valence-electron chi connectivity index (χ4n) is 8.78. The highest BCUT2D eigenvalue weighted by Crippen LogP contribution is 2.60. The number of carbonyl (C=O) groups is 2. The van der Waals surface area contributed by atoms with E-state index in [1.54, 1.807) is 7.11 Å². The van der Waals surface area contributed by atoms with Crippen molar-refractivity contribution in [2.24, 2.45) is 0 Å². The van der Waals surface area contributed by atoms with E-state index in [0.717, 1.165) is 38.6 Å². The highest BCUT2D eigenvalue weighted by atomic mass is 16.6. The summed E-state index contributed by atoms with van der Waals surface area (Å²) in [7, 11) is 3.60. The Morgan fingerprint density at radius 2 is 1.86 bits per heavy atom. The molecule has 2 amide bonds. The molecule has 6 atom stereocenters. The van der Waals surface area contributed by atoms with E-state index in [-0.39, 0.29) is 29.8 Å². The zero-order valence-electron chi connectivity index (χ0n) is 24.3. The van der Waals surface area contributed by atoms with Gasteiger partial charge in [-0.3, -0.25) is 9.59 Å². The number of ether oxygens (including phenoxy) is 2. The number of para-hydroxylation sites is 1. The fourth-order valence-corrected chi connectivity index (χ4v) is 8.78. The number of carbonyl (C=O) groups excluding carboxylic acids is 2. The van der Waals surface area contributed by atoms with Crippen molar-refractivity contribution in [1.29, 1.82) is 0 Å². The molecule has 4 aromatic rings. The van der Waals surface area contributed by atoms with Crippen LogP contribution in [0.5, 0.6) is 0 Å². The number of hydrogen-bond acceptors (Lipinski definition) is 5. The number of nitrogens with zero attached hydrogens (tertiary/aromatic N) is 3. The zero-order chi connectivity index (χ0) is 29.2. The summed E-state index contributed by atoms with van der Waals surface area (Å²) < 4.78 is 15.9. The molecule has 1 fully saturated rings. The van der Waals surface area contributed by atoms with Crippen molar-refractivity contribution in [1.82, 2.24) is 14.8 Å². The Hall–Kier alpha value is -4.40. The maximum atomic E-state index is 13.9. The van der Waals surface area contributed by atoms with Crippen LogP contribution in [0.4, 0.5) is 5.69 Å². The van der Waals surface area contributed by atoms with Gasteiger partial charge in [-0.1, -0.05) is 60.7 Å². The molecule has 216 valence electrons. The molecule has 9 rings (SSSR count). The highest BCUT2D eigenvalue weighted by Gasteiger charge is 2.61. The molecular weight excluding hydrogens is 540 g/mol. The van der Waals surface area contributed by atoms with Gasteiger partial charge >= 0.3 is 0 Å². The number of nitrogens with one attached hydrogen (secondary N) is 1. The second-order valence-corrected chi connectivity index (χ2v) is 12.4. The van der Waals surface area contributed by atoms with Gasteiger partial charge in [0.2, 0.25) is 0 Å². The van der Waals surface area contributed by atoms with Crippen molar-refractivity contribution in [3.05, 3.63) is 101 Å². The fraction of sp³-hybridized carbons (Fsp3) is 0.314. The molecule has 3 aromatic carbocycles. The number of benzene rings is 3. The quantitative estimate of drug-likeness (QED) is 0.364. The van der Waals surface area contributed by atoms with Crippen molar-refractivity contribution in [2.75, 3.05) is 19.1 Å². The van der Waals surface area contributed by atoms with Crippen molar-refractivity contribution in [2.45, 2.75) is 55.9 Å². The molecular formula is C35H32N4O4. The Morgan fingerprint density at radius 3 is 2.67 bits per heavy atom. The first-order valence-corrected chi connectivity index (χ1v) is 15.0. The first-order chi connectivity index (χ1) is 20.9. The molecule has 0 saturated carbocycles. The van der Waals surface area contributed by atoms with Gasteiger partial charge in [0.05, 0.1) is 34.4 Å². The molecule has 1 aromatic heterocycles. The molecule has 0 radical (unpaired) electrons. The van der Waals surface area contributed by atoms with Gasteiger partial charge in [0.25, 0.3) is 11.8 Å². The molecule has 5 aliphatic rings. The van der Waals surface area contributed by atoms with Crippen LogP contribution in [0, 0.1) is 0 Å². The number of rotatable bonds is 3. The lowest BCUT2D eigenvalue weighted by Crippen LogP contribution is -2.68. The third-order valence-electron chi connectivity index (χ3n) is 10.5. The molecule has 1 aliphatic carbocycles. The normalized spacial score (nSPS) is 29.5. The Labute approximate surface area is 249 Å². The van der Waals surface area contributed by atoms with Crippen LogP contribution in [0.25, 0.3) is 21.8 Å². The molecule has 0 spiro atoms. The number of likely N-dealkylation sites (N-methyl/N-ethyl adjacent to an activating group) is 1. The summed E-state index contributed by atoms with van der Waals surface area (Å²) in [5.41, 5.74) is 5.93. The van der Waals surface area contributed by atoms with Gasteiger partial charge in [0, 0.05) is 49.4 Å². The van der Waals surface area contributed by atoms with Gasteiger partial charge in [-0.25, -0.2) is 0 Å². The van der Waals surface area contributed by atoms with Gasteiger partial charge in [-0.05, 0) is 36.2 Å². The number of allylic oxidation sites excluding steroid dienone is 2. The average molecular weight is 573 g/mol. The largest absolute Gasteiger partial charge is 0.374 e. The van der Waals surface area contributed by atoms with E-state index < -0.39 is 18.1 Å². The third-order valence-corrected chi connectivity index (χ3v) is 10.5. The lowest BCUT2D eigenvalue weighted by atomic mass is 9.85. The van der Waals surface area contributed by atoms with Crippen LogP contribution >= 0.6 is 0 Å². The van der Waals surface area contributed by atoms with Gasteiger partial charge in [0.15, 0.2) is 5.72 Å². The lowest BCUT2D eigenvalue weighted by molar-refractivity contribution is -0.228. The first kappa shape index (κ1) is 25.1. The van der Waals surface area contributed by atoms with E-state index in [0.29, 0.717) is 18.5 Å². The summed E-state index contributed by atoms with van der Waals surface area (Å²) in [6, 6.07) is 17.4. The van der Waals surface area contributed by atoms with E-state index in [4.69, 9.17) is 9.47 Å². The number of fused-ring (bicyclic) bond motifs is 13. The SMILES string of the molecule is CO[C@@H]1C(N(C)C(=O)c2ccccc2)CC2OC1(C)N1c3c(c4c(c5c6ccccc6n2c35)C(=O)NC4)C2C=CC=CC21. The van der Waals surface area contributed by atoms with Gasteiger partial charge in [-0.2, -0.15) is 0 Å². The summed E-state index contributed by atoms with van der Waals surface area (Å²) >= 11 is 0. The Bertz CT molecular complexity index is 1940. The molecule has 8 nitrogen and oxygen atoms in total. The Kier molecular flexibility index (Phi) is 5.02. The number of hydrogen-bond donors (Lipinski definition) is 1. The molecule has 43 heavy (non-hydrogen) atoms. The first-order valence-electron chi connectivity index (χ1n) is 15.0. The topological polar surface area (TPSA) is 76.0 Å². The summed E-state index contributed by atoms with van der Waals surface area (Å²) in [4.78, 5) is 31.7. The smallest absolute Gasteiger partial charge is 0.253 e. The molecule has 4 aliphatic heterocycles. The van der Waals surface area contributed by atoms with E-state index in [1.165, 1.54) is 5.56 Å². The minimum absolute atomic E-state index is 0.0220. The Balaban J connectivity index is 1.36. The van der Waals surface area contributed by atoms with Crippen LogP contribution in [0.1, 0.15) is 57.3 Å². The maximum Gasteiger partial charge on any atom is 0.253 e. The van der Waals surface area contributed by atoms with Crippen molar-refractivity contribution in [3.8, 4) is 0 Å². The number of aromatic nitrogens is 1. The second kappa shape index (κ2) is 8.58. The standard InChI is InChI=1S/C35H32N4O4/c1-35-32(42-3)25(37(2)34(41)19-11-5-4-6-12-19)17-26(43-35)38-23-15-9-7-13-20(23)28-29-22(18-36-33(29)40)27-21-14-8-10-16-24(21)39(35)31(27)30(28)38/h4-16,21,24-26,32H,17-18H2,1-3H3,(H,36,40)/t21?,24?,25?,26?,32-,35?/m1/s1. The molecule has 1 N–H and O–H groups in total. The number of methoxy groups -OCH3 is 1. The van der Waals surface area contributed by atoms with Crippen molar-refractivity contribution >= 4 is 39.3 Å². The minimum atomic E-state index is -0.922. The predicted molar refractivity (Wildman–Crippen MR) is 164 cm³/mol. The summed E-state index contributed by atoms with van der Waals surface area (Å²) in [6.07, 6.45) is 8.38. The summed E-state index contributed by atoms with van der Waals surface area (Å²) in [5.74, 6) is -0.0203. The molecule has 2 bridgehead atoms. The van der Waals surface area contributed by atoms with E-state index in [1.807, 2.05) is 54.4 Å². The van der Waals surface area contributed by atoms with E-state index in [2.05, 4.69) is 58.1 Å². The second-order valence-electron chi connectivity index (χ2n) is 12.4. The summed E-state index contributed by atoms with van der Waals surface area (Å²) in [6.45, 7) is 2.63. The van der Waals surface area contributed by atoms with Gasteiger partial charge in [0.1, 0.15) is 12.3 Å². The van der Waals surface area contributed by atoms with Crippen LogP contribution in [0.2, 0.25) is 0 Å². The molecule has 5 heterocycles. The van der Waals surface area contributed by atoms with E-state index in [9.17, 15) is 9.59 Å². The van der Waals surface area contributed by atoms with Crippen molar-refractivity contribution in [3.63, 3.8) is 0 Å². The van der Waals surface area contributed by atoms with Crippen LogP contribution in [0.3, 0.4) is 0 Å². The Morgan fingerprint density at radius 1 is 1.09 bits per heavy atom. The average Bonchev–Trinajstić information content (AvgIpc) is 3.68. The molecule has 8 heteroatoms. The zero-order valence-corrected chi connectivity index (χ0v) is 24.3. The number of anilines is 1. The van der Waals surface area contributed by atoms with Crippen LogP contribution < -0.4 is 10.2 Å². The third kappa shape index (κ3) is 3.02. The van der Waals surface area contributed by atoms with Gasteiger partial charge in [-0.15, -0.1) is 0 Å². The van der Waals surface area contributed by atoms with Crippen molar-refractivity contribution < 1.29 is 19.1 Å². The minimum Gasteiger partial charge on any atom is -0.374 e. The maximum absolute atomic E-state index is 13.9. The molecule has 5 unspecified atom stereocenters.